The molecule has 6 heteroatoms. The van der Waals surface area contributed by atoms with Gasteiger partial charge in [0.1, 0.15) is 5.82 Å². The maximum Gasteiger partial charge on any atom is 0.240 e. The van der Waals surface area contributed by atoms with Gasteiger partial charge in [0.15, 0.2) is 0 Å². The number of halogens is 1. The van der Waals surface area contributed by atoms with E-state index >= 15 is 0 Å². The van der Waals surface area contributed by atoms with Gasteiger partial charge in [-0.25, -0.2) is 17.5 Å². The topological polar surface area (TPSA) is 72.2 Å². The standard InChI is InChI=1S/C13H19FN2O2S/c1-9-7-11(8-12(15)13(9)14)19(17,18)16-6-5-10-3-2-4-10/h7-8,10,16H,2-6,15H2,1H3. The van der Waals surface area contributed by atoms with Gasteiger partial charge < -0.3 is 5.73 Å². The van der Waals surface area contributed by atoms with Gasteiger partial charge in [0, 0.05) is 6.54 Å². The molecule has 4 nitrogen and oxygen atoms in total. The molecule has 0 atom stereocenters. The molecule has 1 aromatic rings. The second-order valence-electron chi connectivity index (χ2n) is 5.13. The smallest absolute Gasteiger partial charge is 0.240 e. The van der Waals surface area contributed by atoms with Crippen molar-refractivity contribution in [2.24, 2.45) is 5.92 Å². The van der Waals surface area contributed by atoms with Crippen molar-refractivity contribution in [3.8, 4) is 0 Å². The van der Waals surface area contributed by atoms with Crippen LogP contribution in [0.4, 0.5) is 10.1 Å². The van der Waals surface area contributed by atoms with Crippen LogP contribution in [0.1, 0.15) is 31.2 Å². The summed E-state index contributed by atoms with van der Waals surface area (Å²) in [6.07, 6.45) is 4.47. The average Bonchev–Trinajstić information content (AvgIpc) is 2.28. The molecule has 0 heterocycles. The molecule has 106 valence electrons. The number of anilines is 1. The molecular weight excluding hydrogens is 267 g/mol. The first-order valence-electron chi connectivity index (χ1n) is 6.45. The first kappa shape index (κ1) is 14.3. The van der Waals surface area contributed by atoms with Crippen LogP contribution in [0.5, 0.6) is 0 Å². The lowest BCUT2D eigenvalue weighted by atomic mass is 9.83. The van der Waals surface area contributed by atoms with Crippen LogP contribution in [-0.2, 0) is 10.0 Å². The number of aryl methyl sites for hydroxylation is 1. The Bertz CT molecular complexity index is 545. The molecule has 1 fully saturated rings. The molecule has 0 aromatic heterocycles. The van der Waals surface area contributed by atoms with Crippen molar-refractivity contribution in [1.29, 1.82) is 0 Å². The molecule has 2 rings (SSSR count). The number of hydrogen-bond acceptors (Lipinski definition) is 3. The summed E-state index contributed by atoms with van der Waals surface area (Å²) in [5.41, 5.74) is 5.55. The Labute approximate surface area is 113 Å². The third-order valence-electron chi connectivity index (χ3n) is 3.64. The molecule has 0 radical (unpaired) electrons. The van der Waals surface area contributed by atoms with Crippen LogP contribution in [0.15, 0.2) is 17.0 Å². The van der Waals surface area contributed by atoms with Gasteiger partial charge in [-0.05, 0) is 37.0 Å². The Morgan fingerprint density at radius 2 is 2.11 bits per heavy atom. The zero-order valence-corrected chi connectivity index (χ0v) is 11.8. The number of nitrogen functional groups attached to an aromatic ring is 1. The zero-order chi connectivity index (χ0) is 14.0. The Kier molecular flexibility index (Phi) is 4.10. The van der Waals surface area contributed by atoms with Gasteiger partial charge in [-0.15, -0.1) is 0 Å². The summed E-state index contributed by atoms with van der Waals surface area (Å²) in [6, 6.07) is 2.46. The number of rotatable bonds is 5. The summed E-state index contributed by atoms with van der Waals surface area (Å²) in [6.45, 7) is 1.92. The number of nitrogens with two attached hydrogens (primary N) is 1. The van der Waals surface area contributed by atoms with E-state index in [0.717, 1.165) is 12.5 Å². The maximum atomic E-state index is 13.4. The fourth-order valence-corrected chi connectivity index (χ4v) is 3.35. The molecule has 0 spiro atoms. The molecule has 0 unspecified atom stereocenters. The highest BCUT2D eigenvalue weighted by molar-refractivity contribution is 7.89. The molecule has 1 aromatic carbocycles. The minimum Gasteiger partial charge on any atom is -0.396 e. The van der Waals surface area contributed by atoms with Crippen LogP contribution in [0.3, 0.4) is 0 Å². The van der Waals surface area contributed by atoms with Crippen LogP contribution in [0.25, 0.3) is 0 Å². The number of sulfonamides is 1. The highest BCUT2D eigenvalue weighted by atomic mass is 32.2. The van der Waals surface area contributed by atoms with Crippen LogP contribution >= 0.6 is 0 Å². The molecule has 1 aliphatic carbocycles. The minimum atomic E-state index is -3.60. The molecule has 0 bridgehead atoms. The molecular formula is C13H19FN2O2S. The molecule has 1 saturated carbocycles. The zero-order valence-electron chi connectivity index (χ0n) is 10.9. The number of benzene rings is 1. The quantitative estimate of drug-likeness (QED) is 0.815. The SMILES string of the molecule is Cc1cc(S(=O)(=O)NCCC2CCC2)cc(N)c1F. The summed E-state index contributed by atoms with van der Waals surface area (Å²) in [5, 5.41) is 0. The molecule has 19 heavy (non-hydrogen) atoms. The maximum absolute atomic E-state index is 13.4. The van der Waals surface area contributed by atoms with Gasteiger partial charge in [0.2, 0.25) is 10.0 Å². The second-order valence-corrected chi connectivity index (χ2v) is 6.89. The van der Waals surface area contributed by atoms with Gasteiger partial charge >= 0.3 is 0 Å². The Morgan fingerprint density at radius 3 is 2.63 bits per heavy atom. The first-order valence-corrected chi connectivity index (χ1v) is 7.94. The summed E-state index contributed by atoms with van der Waals surface area (Å²) < 4.78 is 40.0. The summed E-state index contributed by atoms with van der Waals surface area (Å²) >= 11 is 0. The Hall–Kier alpha value is -1.14. The number of nitrogens with one attached hydrogen (secondary N) is 1. The van der Waals surface area contributed by atoms with E-state index < -0.39 is 15.8 Å². The lowest BCUT2D eigenvalue weighted by Crippen LogP contribution is -2.27. The normalized spacial score (nSPS) is 16.3. The van der Waals surface area contributed by atoms with E-state index in [1.54, 1.807) is 0 Å². The highest BCUT2D eigenvalue weighted by Gasteiger charge is 2.20. The van der Waals surface area contributed by atoms with Crippen molar-refractivity contribution in [3.63, 3.8) is 0 Å². The minimum absolute atomic E-state index is 0.0255. The predicted molar refractivity (Wildman–Crippen MR) is 72.7 cm³/mol. The van der Waals surface area contributed by atoms with Crippen LogP contribution in [0, 0.1) is 18.7 Å². The summed E-state index contributed by atoms with van der Waals surface area (Å²) in [7, 11) is -3.60. The molecule has 0 aliphatic heterocycles. The van der Waals surface area contributed by atoms with E-state index in [1.165, 1.54) is 32.3 Å². The van der Waals surface area contributed by atoms with Crippen molar-refractivity contribution in [1.82, 2.24) is 4.72 Å². The van der Waals surface area contributed by atoms with Gasteiger partial charge in [0.05, 0.1) is 10.6 Å². The van der Waals surface area contributed by atoms with E-state index in [0.29, 0.717) is 12.5 Å². The first-order chi connectivity index (χ1) is 8.90. The van der Waals surface area contributed by atoms with E-state index in [4.69, 9.17) is 5.73 Å². The molecule has 3 N–H and O–H groups in total. The Morgan fingerprint density at radius 1 is 1.42 bits per heavy atom. The van der Waals surface area contributed by atoms with Gasteiger partial charge in [-0.1, -0.05) is 19.3 Å². The fraction of sp³-hybridized carbons (Fsp3) is 0.538. The van der Waals surface area contributed by atoms with Crippen molar-refractivity contribution >= 4 is 15.7 Å². The summed E-state index contributed by atoms with van der Waals surface area (Å²) in [4.78, 5) is 0.0255. The highest BCUT2D eigenvalue weighted by Crippen LogP contribution is 2.29. The Balaban J connectivity index is 2.05. The van der Waals surface area contributed by atoms with Crippen molar-refractivity contribution < 1.29 is 12.8 Å². The van der Waals surface area contributed by atoms with E-state index in [1.807, 2.05) is 0 Å². The molecule has 0 amide bonds. The third kappa shape index (κ3) is 3.25. The average molecular weight is 286 g/mol. The largest absolute Gasteiger partial charge is 0.396 e. The third-order valence-corrected chi connectivity index (χ3v) is 5.08. The summed E-state index contributed by atoms with van der Waals surface area (Å²) in [5.74, 6) is 0.0798. The molecule has 1 aliphatic rings. The van der Waals surface area contributed by atoms with E-state index in [-0.39, 0.29) is 16.1 Å². The van der Waals surface area contributed by atoms with Crippen LogP contribution < -0.4 is 10.5 Å². The number of hydrogen-bond donors (Lipinski definition) is 2. The van der Waals surface area contributed by atoms with Crippen LogP contribution in [0.2, 0.25) is 0 Å². The lowest BCUT2D eigenvalue weighted by Gasteiger charge is -2.25. The van der Waals surface area contributed by atoms with Gasteiger partial charge in [0.25, 0.3) is 0 Å². The second kappa shape index (κ2) is 5.46. The lowest BCUT2D eigenvalue weighted by molar-refractivity contribution is 0.297. The predicted octanol–water partition coefficient (Wildman–Crippen LogP) is 2.18. The molecule has 0 saturated heterocycles. The van der Waals surface area contributed by atoms with E-state index in [2.05, 4.69) is 4.72 Å². The van der Waals surface area contributed by atoms with E-state index in [9.17, 15) is 12.8 Å². The van der Waals surface area contributed by atoms with Gasteiger partial charge in [-0.3, -0.25) is 0 Å². The monoisotopic (exact) mass is 286 g/mol. The van der Waals surface area contributed by atoms with Crippen LogP contribution in [-0.4, -0.2) is 15.0 Å². The van der Waals surface area contributed by atoms with Crippen molar-refractivity contribution in [2.75, 3.05) is 12.3 Å². The van der Waals surface area contributed by atoms with Crippen molar-refractivity contribution in [3.05, 3.63) is 23.5 Å². The fourth-order valence-electron chi connectivity index (χ4n) is 2.18. The van der Waals surface area contributed by atoms with Gasteiger partial charge in [-0.2, -0.15) is 0 Å². The van der Waals surface area contributed by atoms with Crippen molar-refractivity contribution in [2.45, 2.75) is 37.5 Å².